The Morgan fingerprint density at radius 3 is 2.65 bits per heavy atom. The van der Waals surface area contributed by atoms with Gasteiger partial charge in [-0.3, -0.25) is 0 Å². The van der Waals surface area contributed by atoms with Crippen LogP contribution in [0.15, 0.2) is 59.6 Å². The third-order valence-corrected chi connectivity index (χ3v) is 4.45. The summed E-state index contributed by atoms with van der Waals surface area (Å²) in [5, 5.41) is 0. The van der Waals surface area contributed by atoms with Crippen LogP contribution < -0.4 is 0 Å². The standard InChI is InChI=1S/C20H19N3O3/c1-13-21-17(20(24)25-12-14-8-4-3-5-9-14)18(26-13)19-22-15-10-6-7-11-16(15)23(19)2/h3-11,17-18H,12H2,1-2H3. The number of nitrogens with zero attached hydrogens (tertiary/aromatic N) is 3. The highest BCUT2D eigenvalue weighted by Gasteiger charge is 2.40. The van der Waals surface area contributed by atoms with Gasteiger partial charge in [0.05, 0.1) is 11.0 Å². The van der Waals surface area contributed by atoms with Crippen LogP contribution in [0.5, 0.6) is 0 Å². The normalized spacial score (nSPS) is 19.2. The van der Waals surface area contributed by atoms with E-state index in [-0.39, 0.29) is 6.61 Å². The molecule has 0 aliphatic carbocycles. The minimum absolute atomic E-state index is 0.208. The van der Waals surface area contributed by atoms with Crippen molar-refractivity contribution in [1.29, 1.82) is 0 Å². The van der Waals surface area contributed by atoms with Crippen molar-refractivity contribution in [2.24, 2.45) is 12.0 Å². The summed E-state index contributed by atoms with van der Waals surface area (Å²) in [5.74, 6) is 0.708. The largest absolute Gasteiger partial charge is 0.467 e. The molecule has 1 aromatic heterocycles. The second-order valence-corrected chi connectivity index (χ2v) is 6.24. The molecule has 6 heteroatoms. The van der Waals surface area contributed by atoms with Gasteiger partial charge < -0.3 is 14.0 Å². The topological polar surface area (TPSA) is 65.7 Å². The maximum absolute atomic E-state index is 12.6. The van der Waals surface area contributed by atoms with Crippen LogP contribution in [-0.2, 0) is 27.9 Å². The lowest BCUT2D eigenvalue weighted by atomic mass is 10.1. The van der Waals surface area contributed by atoms with Crippen LogP contribution in [0.4, 0.5) is 0 Å². The summed E-state index contributed by atoms with van der Waals surface area (Å²) in [6, 6.07) is 16.6. The molecule has 4 rings (SSSR count). The van der Waals surface area contributed by atoms with E-state index >= 15 is 0 Å². The van der Waals surface area contributed by atoms with Crippen molar-refractivity contribution >= 4 is 22.9 Å². The van der Waals surface area contributed by atoms with Crippen molar-refractivity contribution in [2.45, 2.75) is 25.7 Å². The number of aryl methyl sites for hydroxylation is 1. The maximum Gasteiger partial charge on any atom is 0.335 e. The first-order valence-electron chi connectivity index (χ1n) is 8.46. The molecular weight excluding hydrogens is 330 g/mol. The number of hydrogen-bond donors (Lipinski definition) is 0. The van der Waals surface area contributed by atoms with Crippen LogP contribution in [-0.4, -0.2) is 27.5 Å². The first kappa shape index (κ1) is 16.3. The van der Waals surface area contributed by atoms with Gasteiger partial charge in [-0.25, -0.2) is 14.8 Å². The zero-order valence-corrected chi connectivity index (χ0v) is 14.6. The molecule has 0 saturated carbocycles. The molecule has 6 nitrogen and oxygen atoms in total. The molecule has 0 spiro atoms. The smallest absolute Gasteiger partial charge is 0.335 e. The van der Waals surface area contributed by atoms with Crippen molar-refractivity contribution in [3.8, 4) is 0 Å². The van der Waals surface area contributed by atoms with E-state index in [4.69, 9.17) is 9.47 Å². The van der Waals surface area contributed by atoms with Crippen molar-refractivity contribution in [3.63, 3.8) is 0 Å². The summed E-state index contributed by atoms with van der Waals surface area (Å²) in [7, 11) is 1.91. The quantitative estimate of drug-likeness (QED) is 0.679. The number of carbonyl (C=O) groups is 1. The van der Waals surface area contributed by atoms with E-state index in [0.717, 1.165) is 16.6 Å². The highest BCUT2D eigenvalue weighted by Crippen LogP contribution is 2.31. The van der Waals surface area contributed by atoms with Crippen LogP contribution in [0.3, 0.4) is 0 Å². The molecule has 1 aliphatic rings. The van der Waals surface area contributed by atoms with Crippen LogP contribution >= 0.6 is 0 Å². The number of rotatable bonds is 4. The Balaban J connectivity index is 1.57. The van der Waals surface area contributed by atoms with Gasteiger partial charge in [-0.05, 0) is 17.7 Å². The van der Waals surface area contributed by atoms with Gasteiger partial charge in [0.25, 0.3) is 0 Å². The lowest BCUT2D eigenvalue weighted by Crippen LogP contribution is -2.28. The zero-order valence-electron chi connectivity index (χ0n) is 14.6. The van der Waals surface area contributed by atoms with Gasteiger partial charge in [0, 0.05) is 14.0 Å². The Morgan fingerprint density at radius 2 is 1.88 bits per heavy atom. The summed E-state index contributed by atoms with van der Waals surface area (Å²) >= 11 is 0. The van der Waals surface area contributed by atoms with Crippen LogP contribution in [0.1, 0.15) is 24.4 Å². The number of carbonyl (C=O) groups excluding carboxylic acids is 1. The van der Waals surface area contributed by atoms with E-state index < -0.39 is 18.1 Å². The Labute approximate surface area is 151 Å². The number of aromatic nitrogens is 2. The van der Waals surface area contributed by atoms with Gasteiger partial charge in [-0.1, -0.05) is 42.5 Å². The fourth-order valence-corrected chi connectivity index (χ4v) is 3.15. The second kappa shape index (κ2) is 6.63. The zero-order chi connectivity index (χ0) is 18.1. The number of esters is 1. The molecule has 2 unspecified atom stereocenters. The lowest BCUT2D eigenvalue weighted by molar-refractivity contribution is -0.148. The van der Waals surface area contributed by atoms with Gasteiger partial charge in [0.1, 0.15) is 6.61 Å². The summed E-state index contributed by atoms with van der Waals surface area (Å²) in [4.78, 5) is 21.6. The molecule has 0 saturated heterocycles. The number of aliphatic imine (C=N–C) groups is 1. The maximum atomic E-state index is 12.6. The third-order valence-electron chi connectivity index (χ3n) is 4.45. The molecule has 26 heavy (non-hydrogen) atoms. The molecule has 0 amide bonds. The van der Waals surface area contributed by atoms with E-state index in [9.17, 15) is 4.79 Å². The molecule has 0 bridgehead atoms. The second-order valence-electron chi connectivity index (χ2n) is 6.24. The first-order valence-corrected chi connectivity index (χ1v) is 8.46. The fraction of sp³-hybridized carbons (Fsp3) is 0.250. The van der Waals surface area contributed by atoms with Gasteiger partial charge in [0.2, 0.25) is 0 Å². The Morgan fingerprint density at radius 1 is 1.15 bits per heavy atom. The van der Waals surface area contributed by atoms with Crippen LogP contribution in [0.2, 0.25) is 0 Å². The molecule has 2 atom stereocenters. The summed E-state index contributed by atoms with van der Waals surface area (Å²) in [6.07, 6.45) is -0.587. The van der Waals surface area contributed by atoms with E-state index in [1.54, 1.807) is 6.92 Å². The fourth-order valence-electron chi connectivity index (χ4n) is 3.15. The van der Waals surface area contributed by atoms with Gasteiger partial charge in [0.15, 0.2) is 23.9 Å². The van der Waals surface area contributed by atoms with E-state index in [1.807, 2.05) is 66.2 Å². The number of ether oxygens (including phenoxy) is 2. The lowest BCUT2D eigenvalue weighted by Gasteiger charge is -2.16. The van der Waals surface area contributed by atoms with Gasteiger partial charge >= 0.3 is 5.97 Å². The van der Waals surface area contributed by atoms with Crippen LogP contribution in [0.25, 0.3) is 11.0 Å². The first-order chi connectivity index (χ1) is 12.6. The molecule has 0 fully saturated rings. The predicted molar refractivity (Wildman–Crippen MR) is 97.7 cm³/mol. The molecule has 3 aromatic rings. The number of fused-ring (bicyclic) bond motifs is 1. The monoisotopic (exact) mass is 349 g/mol. The highest BCUT2D eigenvalue weighted by atomic mass is 16.5. The number of benzene rings is 2. The van der Waals surface area contributed by atoms with E-state index in [1.165, 1.54) is 0 Å². The number of para-hydroxylation sites is 2. The van der Waals surface area contributed by atoms with Crippen molar-refractivity contribution in [3.05, 3.63) is 66.0 Å². The molecule has 0 radical (unpaired) electrons. The average molecular weight is 349 g/mol. The SMILES string of the molecule is CC1=NC(C(=O)OCc2ccccc2)C(c2nc3ccccc3n2C)O1. The molecule has 2 heterocycles. The summed E-state index contributed by atoms with van der Waals surface area (Å²) in [5.41, 5.74) is 2.77. The summed E-state index contributed by atoms with van der Waals surface area (Å²) in [6.45, 7) is 1.94. The number of hydrogen-bond acceptors (Lipinski definition) is 5. The molecule has 132 valence electrons. The average Bonchev–Trinajstić information content (AvgIpc) is 3.21. The van der Waals surface area contributed by atoms with E-state index in [2.05, 4.69) is 9.98 Å². The van der Waals surface area contributed by atoms with Crippen molar-refractivity contribution in [1.82, 2.24) is 9.55 Å². The van der Waals surface area contributed by atoms with E-state index in [0.29, 0.717) is 11.7 Å². The predicted octanol–water partition coefficient (Wildman–Crippen LogP) is 3.18. The summed E-state index contributed by atoms with van der Waals surface area (Å²) < 4.78 is 13.2. The minimum atomic E-state index is -0.755. The van der Waals surface area contributed by atoms with Crippen LogP contribution in [0, 0.1) is 0 Å². The van der Waals surface area contributed by atoms with Gasteiger partial charge in [-0.15, -0.1) is 0 Å². The minimum Gasteiger partial charge on any atom is -0.467 e. The van der Waals surface area contributed by atoms with Gasteiger partial charge in [-0.2, -0.15) is 0 Å². The molecule has 0 N–H and O–H groups in total. The Hall–Kier alpha value is -3.15. The molecular formula is C20H19N3O3. The highest BCUT2D eigenvalue weighted by molar-refractivity contribution is 5.86. The Kier molecular flexibility index (Phi) is 4.16. The Bertz CT molecular complexity index is 978. The third kappa shape index (κ3) is 2.94. The number of imidazole rings is 1. The van der Waals surface area contributed by atoms with Crippen molar-refractivity contribution in [2.75, 3.05) is 0 Å². The molecule has 2 aromatic carbocycles. The molecule has 1 aliphatic heterocycles. The van der Waals surface area contributed by atoms with Crippen molar-refractivity contribution < 1.29 is 14.3 Å².